The lowest BCUT2D eigenvalue weighted by Gasteiger charge is -2.25. The molecule has 1 aliphatic rings. The standard InChI is InChI=1S/C13H15ClO3/c1-16-12-6-10(7-15)5-11(14)13(12)17-8-9-3-2-4-9/h5-7,9H,2-4,8H2,1H3. The Hall–Kier alpha value is -1.22. The number of halogens is 1. The summed E-state index contributed by atoms with van der Waals surface area (Å²) in [5, 5.41) is 0.422. The first-order valence-electron chi connectivity index (χ1n) is 5.70. The first kappa shape index (κ1) is 12.2. The predicted molar refractivity (Wildman–Crippen MR) is 66.2 cm³/mol. The molecule has 0 heterocycles. The molecule has 0 aliphatic heterocycles. The van der Waals surface area contributed by atoms with Gasteiger partial charge in [0.25, 0.3) is 0 Å². The third-order valence-electron chi connectivity index (χ3n) is 3.08. The van der Waals surface area contributed by atoms with Crippen LogP contribution in [-0.4, -0.2) is 20.0 Å². The van der Waals surface area contributed by atoms with Gasteiger partial charge in [-0.25, -0.2) is 0 Å². The molecule has 0 unspecified atom stereocenters. The molecular weight excluding hydrogens is 240 g/mol. The van der Waals surface area contributed by atoms with E-state index in [2.05, 4.69) is 0 Å². The summed E-state index contributed by atoms with van der Waals surface area (Å²) in [6, 6.07) is 3.22. The van der Waals surface area contributed by atoms with Gasteiger partial charge in [-0.05, 0) is 30.9 Å². The van der Waals surface area contributed by atoms with Crippen molar-refractivity contribution in [3.05, 3.63) is 22.7 Å². The molecule has 0 N–H and O–H groups in total. The third-order valence-corrected chi connectivity index (χ3v) is 3.36. The summed E-state index contributed by atoms with van der Waals surface area (Å²) in [5.41, 5.74) is 0.489. The summed E-state index contributed by atoms with van der Waals surface area (Å²) in [6.45, 7) is 0.663. The van der Waals surface area contributed by atoms with E-state index < -0.39 is 0 Å². The molecule has 0 bridgehead atoms. The smallest absolute Gasteiger partial charge is 0.179 e. The van der Waals surface area contributed by atoms with Crippen molar-refractivity contribution in [3.8, 4) is 11.5 Å². The molecule has 1 saturated carbocycles. The van der Waals surface area contributed by atoms with Crippen molar-refractivity contribution >= 4 is 17.9 Å². The highest BCUT2D eigenvalue weighted by Gasteiger charge is 2.20. The number of ether oxygens (including phenoxy) is 2. The lowest BCUT2D eigenvalue weighted by molar-refractivity contribution is 0.112. The van der Waals surface area contributed by atoms with Crippen molar-refractivity contribution in [2.45, 2.75) is 19.3 Å². The van der Waals surface area contributed by atoms with Crippen molar-refractivity contribution in [1.29, 1.82) is 0 Å². The van der Waals surface area contributed by atoms with Crippen LogP contribution in [0.25, 0.3) is 0 Å². The topological polar surface area (TPSA) is 35.5 Å². The van der Waals surface area contributed by atoms with E-state index in [0.717, 1.165) is 6.29 Å². The Morgan fingerprint density at radius 2 is 2.24 bits per heavy atom. The largest absolute Gasteiger partial charge is 0.493 e. The second-order valence-electron chi connectivity index (χ2n) is 4.26. The highest BCUT2D eigenvalue weighted by molar-refractivity contribution is 6.32. The first-order chi connectivity index (χ1) is 8.24. The number of aldehydes is 1. The molecule has 0 spiro atoms. The monoisotopic (exact) mass is 254 g/mol. The van der Waals surface area contributed by atoms with Crippen molar-refractivity contribution in [2.24, 2.45) is 5.92 Å². The predicted octanol–water partition coefficient (Wildman–Crippen LogP) is 3.34. The van der Waals surface area contributed by atoms with E-state index in [1.54, 1.807) is 12.1 Å². The van der Waals surface area contributed by atoms with E-state index in [1.807, 2.05) is 0 Å². The summed E-state index contributed by atoms with van der Waals surface area (Å²) < 4.78 is 10.9. The summed E-state index contributed by atoms with van der Waals surface area (Å²) in [5.74, 6) is 1.67. The number of rotatable bonds is 5. The first-order valence-corrected chi connectivity index (χ1v) is 6.08. The van der Waals surface area contributed by atoms with Crippen LogP contribution in [0.5, 0.6) is 11.5 Å². The molecule has 1 fully saturated rings. The van der Waals surface area contributed by atoms with E-state index >= 15 is 0 Å². The van der Waals surface area contributed by atoms with Crippen LogP contribution in [0.3, 0.4) is 0 Å². The molecular formula is C13H15ClO3. The van der Waals surface area contributed by atoms with Crippen LogP contribution in [0.15, 0.2) is 12.1 Å². The molecule has 1 aromatic carbocycles. The van der Waals surface area contributed by atoms with Crippen LogP contribution < -0.4 is 9.47 Å². The summed E-state index contributed by atoms with van der Waals surface area (Å²) >= 11 is 6.07. The van der Waals surface area contributed by atoms with Crippen LogP contribution in [0, 0.1) is 5.92 Å². The van der Waals surface area contributed by atoms with E-state index in [-0.39, 0.29) is 0 Å². The average molecular weight is 255 g/mol. The maximum atomic E-state index is 10.7. The SMILES string of the molecule is COc1cc(C=O)cc(Cl)c1OCC1CCC1. The highest BCUT2D eigenvalue weighted by Crippen LogP contribution is 2.37. The van der Waals surface area contributed by atoms with Gasteiger partial charge in [0.1, 0.15) is 6.29 Å². The number of benzene rings is 1. The van der Waals surface area contributed by atoms with Gasteiger partial charge in [-0.1, -0.05) is 18.0 Å². The maximum absolute atomic E-state index is 10.7. The fourth-order valence-corrected chi connectivity index (χ4v) is 2.08. The third kappa shape index (κ3) is 2.72. The second kappa shape index (κ2) is 5.41. The lowest BCUT2D eigenvalue weighted by atomic mass is 9.86. The van der Waals surface area contributed by atoms with Crippen molar-refractivity contribution in [3.63, 3.8) is 0 Å². The molecule has 1 aromatic rings. The van der Waals surface area contributed by atoms with E-state index in [1.165, 1.54) is 26.4 Å². The van der Waals surface area contributed by atoms with Crippen LogP contribution in [0.2, 0.25) is 5.02 Å². The number of hydrogen-bond donors (Lipinski definition) is 0. The molecule has 0 aromatic heterocycles. The normalized spacial score (nSPS) is 15.2. The molecule has 2 rings (SSSR count). The van der Waals surface area contributed by atoms with E-state index in [9.17, 15) is 4.79 Å². The van der Waals surface area contributed by atoms with Crippen molar-refractivity contribution in [2.75, 3.05) is 13.7 Å². The Balaban J connectivity index is 2.15. The van der Waals surface area contributed by atoms with Gasteiger partial charge in [-0.3, -0.25) is 4.79 Å². The molecule has 0 amide bonds. The Morgan fingerprint density at radius 1 is 1.47 bits per heavy atom. The molecule has 0 radical (unpaired) electrons. The Morgan fingerprint density at radius 3 is 2.76 bits per heavy atom. The Kier molecular flexibility index (Phi) is 3.89. The minimum absolute atomic E-state index is 0.422. The molecule has 1 aliphatic carbocycles. The number of carbonyl (C=O) groups is 1. The fraction of sp³-hybridized carbons (Fsp3) is 0.462. The van der Waals surface area contributed by atoms with Crippen LogP contribution in [0.4, 0.5) is 0 Å². The molecule has 3 nitrogen and oxygen atoms in total. The minimum atomic E-state index is 0.422. The number of methoxy groups -OCH3 is 1. The fourth-order valence-electron chi connectivity index (χ4n) is 1.81. The lowest BCUT2D eigenvalue weighted by Crippen LogP contribution is -2.19. The Bertz CT molecular complexity index is 413. The van der Waals surface area contributed by atoms with Gasteiger partial charge in [-0.2, -0.15) is 0 Å². The molecule has 92 valence electrons. The van der Waals surface area contributed by atoms with Gasteiger partial charge < -0.3 is 9.47 Å². The average Bonchev–Trinajstić information content (AvgIpc) is 2.28. The van der Waals surface area contributed by atoms with Gasteiger partial charge in [0, 0.05) is 5.56 Å². The van der Waals surface area contributed by atoms with Crippen LogP contribution in [0.1, 0.15) is 29.6 Å². The zero-order valence-corrected chi connectivity index (χ0v) is 10.5. The van der Waals surface area contributed by atoms with Crippen molar-refractivity contribution < 1.29 is 14.3 Å². The summed E-state index contributed by atoms with van der Waals surface area (Å²) in [7, 11) is 1.54. The van der Waals surface area contributed by atoms with Crippen LogP contribution in [-0.2, 0) is 0 Å². The van der Waals surface area contributed by atoms with Crippen LogP contribution >= 0.6 is 11.6 Å². The zero-order valence-electron chi connectivity index (χ0n) is 9.74. The van der Waals surface area contributed by atoms with Crippen molar-refractivity contribution in [1.82, 2.24) is 0 Å². The molecule has 4 heteroatoms. The summed E-state index contributed by atoms with van der Waals surface area (Å²) in [4.78, 5) is 10.7. The quantitative estimate of drug-likeness (QED) is 0.756. The van der Waals surface area contributed by atoms with Gasteiger partial charge >= 0.3 is 0 Å². The zero-order chi connectivity index (χ0) is 12.3. The summed E-state index contributed by atoms with van der Waals surface area (Å²) in [6.07, 6.45) is 4.45. The molecule has 17 heavy (non-hydrogen) atoms. The number of hydrogen-bond acceptors (Lipinski definition) is 3. The van der Waals surface area contributed by atoms with Gasteiger partial charge in [0.2, 0.25) is 0 Å². The van der Waals surface area contributed by atoms with E-state index in [0.29, 0.717) is 34.6 Å². The Labute approximate surface area is 106 Å². The maximum Gasteiger partial charge on any atom is 0.179 e. The highest BCUT2D eigenvalue weighted by atomic mass is 35.5. The minimum Gasteiger partial charge on any atom is -0.493 e. The second-order valence-corrected chi connectivity index (χ2v) is 4.67. The van der Waals surface area contributed by atoms with Gasteiger partial charge in [0.15, 0.2) is 11.5 Å². The van der Waals surface area contributed by atoms with Gasteiger partial charge in [-0.15, -0.1) is 0 Å². The van der Waals surface area contributed by atoms with Gasteiger partial charge in [0.05, 0.1) is 18.7 Å². The van der Waals surface area contributed by atoms with E-state index in [4.69, 9.17) is 21.1 Å². The molecule has 0 saturated heterocycles. The number of carbonyl (C=O) groups excluding carboxylic acids is 1. The molecule has 0 atom stereocenters.